The van der Waals surface area contributed by atoms with Gasteiger partial charge in [0.1, 0.15) is 12.4 Å². The molecule has 0 aromatic heterocycles. The fraction of sp³-hybridized carbons (Fsp3) is 0.333. The lowest BCUT2D eigenvalue weighted by Crippen LogP contribution is -2.31. The van der Waals surface area contributed by atoms with E-state index >= 15 is 0 Å². The summed E-state index contributed by atoms with van der Waals surface area (Å²) in [5.41, 5.74) is 3.54. The van der Waals surface area contributed by atoms with Crippen LogP contribution in [0.4, 0.5) is 0 Å². The van der Waals surface area contributed by atoms with Crippen molar-refractivity contribution in [3.05, 3.63) is 64.2 Å². The largest absolute Gasteiger partial charge is 0.492 e. The second-order valence-corrected chi connectivity index (χ2v) is 5.90. The monoisotopic (exact) mass is 303 g/mol. The van der Waals surface area contributed by atoms with E-state index in [0.29, 0.717) is 6.61 Å². The van der Waals surface area contributed by atoms with Gasteiger partial charge in [-0.05, 0) is 50.1 Å². The van der Waals surface area contributed by atoms with E-state index in [9.17, 15) is 0 Å². The highest BCUT2D eigenvalue weighted by molar-refractivity contribution is 6.31. The Morgan fingerprint density at radius 3 is 2.48 bits per heavy atom. The average Bonchev–Trinajstić information content (AvgIpc) is 2.48. The smallest absolute Gasteiger partial charge is 0.119 e. The van der Waals surface area contributed by atoms with Crippen LogP contribution >= 0.6 is 11.6 Å². The van der Waals surface area contributed by atoms with Crippen LogP contribution in [0.3, 0.4) is 0 Å². The Bertz CT molecular complexity index is 580. The number of hydrogen-bond donors (Lipinski definition) is 1. The SMILES string of the molecule is Cc1ccc(OCC(C)NCc2ccc(C)c(Cl)c2)cc1. The first-order chi connectivity index (χ1) is 10.0. The first kappa shape index (κ1) is 15.9. The Morgan fingerprint density at radius 2 is 1.81 bits per heavy atom. The van der Waals surface area contributed by atoms with Gasteiger partial charge in [0.15, 0.2) is 0 Å². The van der Waals surface area contributed by atoms with Crippen molar-refractivity contribution in [2.24, 2.45) is 0 Å². The highest BCUT2D eigenvalue weighted by atomic mass is 35.5. The highest BCUT2D eigenvalue weighted by Gasteiger charge is 2.04. The minimum Gasteiger partial charge on any atom is -0.492 e. The molecule has 112 valence electrons. The topological polar surface area (TPSA) is 21.3 Å². The zero-order valence-corrected chi connectivity index (χ0v) is 13.6. The zero-order valence-electron chi connectivity index (χ0n) is 12.8. The van der Waals surface area contributed by atoms with Gasteiger partial charge in [-0.2, -0.15) is 0 Å². The molecule has 21 heavy (non-hydrogen) atoms. The molecule has 0 bridgehead atoms. The zero-order chi connectivity index (χ0) is 15.2. The Kier molecular flexibility index (Phi) is 5.66. The lowest BCUT2D eigenvalue weighted by Gasteiger charge is -2.15. The van der Waals surface area contributed by atoms with Gasteiger partial charge in [0.2, 0.25) is 0 Å². The average molecular weight is 304 g/mol. The van der Waals surface area contributed by atoms with Crippen molar-refractivity contribution in [1.29, 1.82) is 0 Å². The van der Waals surface area contributed by atoms with Gasteiger partial charge >= 0.3 is 0 Å². The minimum absolute atomic E-state index is 0.270. The van der Waals surface area contributed by atoms with Crippen molar-refractivity contribution in [2.75, 3.05) is 6.61 Å². The van der Waals surface area contributed by atoms with Crippen LogP contribution in [0.1, 0.15) is 23.6 Å². The Morgan fingerprint density at radius 1 is 1.10 bits per heavy atom. The van der Waals surface area contributed by atoms with Crippen LogP contribution in [-0.2, 0) is 6.54 Å². The summed E-state index contributed by atoms with van der Waals surface area (Å²) in [4.78, 5) is 0. The van der Waals surface area contributed by atoms with Crippen LogP contribution in [0.15, 0.2) is 42.5 Å². The molecular weight excluding hydrogens is 282 g/mol. The molecule has 2 nitrogen and oxygen atoms in total. The van der Waals surface area contributed by atoms with Crippen LogP contribution in [0.5, 0.6) is 5.75 Å². The minimum atomic E-state index is 0.270. The molecule has 0 radical (unpaired) electrons. The standard InChI is InChI=1S/C18H22ClNO/c1-13-4-8-17(9-5-13)21-12-15(3)20-11-16-7-6-14(2)18(19)10-16/h4-10,15,20H,11-12H2,1-3H3. The van der Waals surface area contributed by atoms with Crippen LogP contribution < -0.4 is 10.1 Å². The number of hydrogen-bond acceptors (Lipinski definition) is 2. The molecule has 1 N–H and O–H groups in total. The molecule has 3 heteroatoms. The molecule has 0 saturated heterocycles. The van der Waals surface area contributed by atoms with Gasteiger partial charge in [0, 0.05) is 17.6 Å². The van der Waals surface area contributed by atoms with Crippen LogP contribution in [0.25, 0.3) is 0 Å². The van der Waals surface area contributed by atoms with Crippen LogP contribution in [0, 0.1) is 13.8 Å². The molecule has 1 unspecified atom stereocenters. The van der Waals surface area contributed by atoms with Crippen molar-refractivity contribution in [3.63, 3.8) is 0 Å². The molecule has 1 atom stereocenters. The summed E-state index contributed by atoms with van der Waals surface area (Å²) in [6, 6.07) is 14.5. The quantitative estimate of drug-likeness (QED) is 0.847. The third-order valence-electron chi connectivity index (χ3n) is 3.41. The summed E-state index contributed by atoms with van der Waals surface area (Å²) in [6.07, 6.45) is 0. The Hall–Kier alpha value is -1.51. The molecule has 0 amide bonds. The first-order valence-electron chi connectivity index (χ1n) is 7.22. The van der Waals surface area contributed by atoms with Crippen molar-refractivity contribution in [1.82, 2.24) is 5.32 Å². The first-order valence-corrected chi connectivity index (χ1v) is 7.60. The van der Waals surface area contributed by atoms with Crippen LogP contribution in [0.2, 0.25) is 5.02 Å². The number of ether oxygens (including phenoxy) is 1. The molecule has 0 spiro atoms. The van der Waals surface area contributed by atoms with Gasteiger partial charge in [-0.15, -0.1) is 0 Å². The van der Waals surface area contributed by atoms with E-state index in [1.807, 2.05) is 31.2 Å². The second-order valence-electron chi connectivity index (χ2n) is 5.49. The Balaban J connectivity index is 1.77. The number of rotatable bonds is 6. The van der Waals surface area contributed by atoms with Gasteiger partial charge in [-0.25, -0.2) is 0 Å². The number of aryl methyl sites for hydroxylation is 2. The van der Waals surface area contributed by atoms with Crippen molar-refractivity contribution in [3.8, 4) is 5.75 Å². The fourth-order valence-corrected chi connectivity index (χ4v) is 2.16. The van der Waals surface area contributed by atoms with Crippen molar-refractivity contribution in [2.45, 2.75) is 33.4 Å². The van der Waals surface area contributed by atoms with Gasteiger partial charge in [-0.3, -0.25) is 0 Å². The molecule has 0 aliphatic carbocycles. The molecule has 0 aliphatic heterocycles. The van der Waals surface area contributed by atoms with E-state index in [0.717, 1.165) is 22.9 Å². The van der Waals surface area contributed by atoms with Crippen LogP contribution in [-0.4, -0.2) is 12.6 Å². The predicted molar refractivity (Wildman–Crippen MR) is 89.2 cm³/mol. The van der Waals surface area contributed by atoms with Gasteiger partial charge in [0.25, 0.3) is 0 Å². The van der Waals surface area contributed by atoms with E-state index in [1.54, 1.807) is 0 Å². The van der Waals surface area contributed by atoms with Crippen molar-refractivity contribution >= 4 is 11.6 Å². The summed E-state index contributed by atoms with van der Waals surface area (Å²) in [5.74, 6) is 0.910. The van der Waals surface area contributed by atoms with Gasteiger partial charge < -0.3 is 10.1 Å². The highest BCUT2D eigenvalue weighted by Crippen LogP contribution is 2.16. The number of nitrogens with one attached hydrogen (secondary N) is 1. The van der Waals surface area contributed by atoms with E-state index < -0.39 is 0 Å². The predicted octanol–water partition coefficient (Wildman–Crippen LogP) is 4.51. The van der Waals surface area contributed by atoms with E-state index in [1.165, 1.54) is 11.1 Å². The number of halogens is 1. The summed E-state index contributed by atoms with van der Waals surface area (Å²) >= 11 is 6.13. The van der Waals surface area contributed by atoms with E-state index in [-0.39, 0.29) is 6.04 Å². The molecule has 0 fully saturated rings. The maximum absolute atomic E-state index is 6.13. The molecular formula is C18H22ClNO. The maximum atomic E-state index is 6.13. The normalized spacial score (nSPS) is 12.2. The van der Waals surface area contributed by atoms with E-state index in [4.69, 9.17) is 16.3 Å². The molecule has 2 rings (SSSR count). The number of benzene rings is 2. The third-order valence-corrected chi connectivity index (χ3v) is 3.82. The third kappa shape index (κ3) is 5.07. The molecule has 2 aromatic rings. The summed E-state index contributed by atoms with van der Waals surface area (Å²) in [6.45, 7) is 7.63. The van der Waals surface area contributed by atoms with Gasteiger partial charge in [0.05, 0.1) is 0 Å². The molecule has 0 saturated carbocycles. The van der Waals surface area contributed by atoms with Crippen molar-refractivity contribution < 1.29 is 4.74 Å². The summed E-state index contributed by atoms with van der Waals surface area (Å²) in [5, 5.41) is 4.26. The lowest BCUT2D eigenvalue weighted by molar-refractivity contribution is 0.272. The Labute approximate surface area is 132 Å². The van der Waals surface area contributed by atoms with E-state index in [2.05, 4.69) is 37.4 Å². The molecule has 0 heterocycles. The summed E-state index contributed by atoms with van der Waals surface area (Å²) in [7, 11) is 0. The molecule has 2 aromatic carbocycles. The lowest BCUT2D eigenvalue weighted by atomic mass is 10.1. The molecule has 0 aliphatic rings. The van der Waals surface area contributed by atoms with Gasteiger partial charge in [-0.1, -0.05) is 41.4 Å². The maximum Gasteiger partial charge on any atom is 0.119 e. The summed E-state index contributed by atoms with van der Waals surface area (Å²) < 4.78 is 5.77. The second kappa shape index (κ2) is 7.48. The fourth-order valence-electron chi connectivity index (χ4n) is 1.95.